The minimum atomic E-state index is 0.818. The van der Waals surface area contributed by atoms with E-state index in [1.54, 1.807) is 0 Å². The summed E-state index contributed by atoms with van der Waals surface area (Å²) >= 11 is 1.91. The van der Waals surface area contributed by atoms with E-state index in [4.69, 9.17) is 0 Å². The van der Waals surface area contributed by atoms with Gasteiger partial charge in [-0.2, -0.15) is 11.8 Å². The second-order valence-corrected chi connectivity index (χ2v) is 8.05. The van der Waals surface area contributed by atoms with E-state index in [-0.39, 0.29) is 0 Å². The molecule has 0 aromatic heterocycles. The zero-order valence-electron chi connectivity index (χ0n) is 16.6. The lowest BCUT2D eigenvalue weighted by Crippen LogP contribution is -2.37. The Labute approximate surface area is 164 Å². The van der Waals surface area contributed by atoms with Gasteiger partial charge >= 0.3 is 0 Å². The van der Waals surface area contributed by atoms with Crippen LogP contribution in [-0.4, -0.2) is 49.6 Å². The minimum absolute atomic E-state index is 0.818. The number of likely N-dealkylation sites (tertiary alicyclic amines) is 1. The number of benzene rings is 1. The Kier molecular flexibility index (Phi) is 10.6. The van der Waals surface area contributed by atoms with Crippen molar-refractivity contribution in [3.05, 3.63) is 35.4 Å². The molecule has 0 bridgehead atoms. The van der Waals surface area contributed by atoms with E-state index >= 15 is 0 Å². The van der Waals surface area contributed by atoms with E-state index < -0.39 is 0 Å². The third kappa shape index (κ3) is 8.45. The van der Waals surface area contributed by atoms with Crippen LogP contribution in [-0.2, 0) is 13.1 Å². The van der Waals surface area contributed by atoms with Gasteiger partial charge in [0.15, 0.2) is 5.96 Å². The SMILES string of the molecule is CN=C(NCCCCSC)NCc1cccc(CN2CCCCCC2)c1. The summed E-state index contributed by atoms with van der Waals surface area (Å²) in [5.41, 5.74) is 2.74. The first-order valence-electron chi connectivity index (χ1n) is 10.1. The molecule has 2 N–H and O–H groups in total. The molecule has 146 valence electrons. The van der Waals surface area contributed by atoms with Gasteiger partial charge in [-0.3, -0.25) is 9.89 Å². The molecule has 1 aromatic rings. The first-order valence-corrected chi connectivity index (χ1v) is 11.4. The Balaban J connectivity index is 1.76. The third-order valence-electron chi connectivity index (χ3n) is 4.85. The molecule has 1 aliphatic heterocycles. The number of guanidine groups is 1. The fourth-order valence-corrected chi connectivity index (χ4v) is 3.87. The van der Waals surface area contributed by atoms with E-state index in [0.29, 0.717) is 0 Å². The summed E-state index contributed by atoms with van der Waals surface area (Å²) in [6.45, 7) is 5.37. The standard InChI is InChI=1S/C21H36N4S/c1-22-21(23-12-5-8-15-26-2)24-17-19-10-9-11-20(16-19)18-25-13-6-3-4-7-14-25/h9-11,16H,3-8,12-15,17-18H2,1-2H3,(H2,22,23,24). The molecule has 0 spiro atoms. The van der Waals surface area contributed by atoms with Crippen molar-refractivity contribution < 1.29 is 0 Å². The van der Waals surface area contributed by atoms with Gasteiger partial charge in [0.2, 0.25) is 0 Å². The van der Waals surface area contributed by atoms with Crippen LogP contribution in [0.1, 0.15) is 49.7 Å². The van der Waals surface area contributed by atoms with E-state index in [1.165, 1.54) is 68.5 Å². The summed E-state index contributed by atoms with van der Waals surface area (Å²) in [6, 6.07) is 8.98. The lowest BCUT2D eigenvalue weighted by Gasteiger charge is -2.20. The van der Waals surface area contributed by atoms with Crippen LogP contribution < -0.4 is 10.6 Å². The molecular formula is C21H36N4S. The molecular weight excluding hydrogens is 340 g/mol. The highest BCUT2D eigenvalue weighted by atomic mass is 32.2. The fraction of sp³-hybridized carbons (Fsp3) is 0.667. The largest absolute Gasteiger partial charge is 0.356 e. The smallest absolute Gasteiger partial charge is 0.191 e. The van der Waals surface area contributed by atoms with Gasteiger partial charge in [0.1, 0.15) is 0 Å². The summed E-state index contributed by atoms with van der Waals surface area (Å²) in [4.78, 5) is 6.93. The van der Waals surface area contributed by atoms with Crippen molar-refractivity contribution in [3.8, 4) is 0 Å². The molecule has 1 heterocycles. The Morgan fingerprint density at radius 3 is 2.58 bits per heavy atom. The van der Waals surface area contributed by atoms with Gasteiger partial charge in [-0.1, -0.05) is 37.1 Å². The zero-order chi connectivity index (χ0) is 18.5. The number of hydrogen-bond donors (Lipinski definition) is 2. The van der Waals surface area contributed by atoms with Gasteiger partial charge in [0, 0.05) is 26.7 Å². The van der Waals surface area contributed by atoms with Crippen molar-refractivity contribution in [2.75, 3.05) is 38.7 Å². The van der Waals surface area contributed by atoms with Crippen LogP contribution in [0.5, 0.6) is 0 Å². The Bertz CT molecular complexity index is 524. The normalized spacial score (nSPS) is 16.3. The van der Waals surface area contributed by atoms with E-state index in [9.17, 15) is 0 Å². The van der Waals surface area contributed by atoms with Crippen LogP contribution in [0.2, 0.25) is 0 Å². The first-order chi connectivity index (χ1) is 12.8. The number of unbranched alkanes of at least 4 members (excludes halogenated alkanes) is 1. The van der Waals surface area contributed by atoms with Gasteiger partial charge in [-0.15, -0.1) is 0 Å². The number of nitrogens with zero attached hydrogens (tertiary/aromatic N) is 2. The summed E-state index contributed by atoms with van der Waals surface area (Å²) in [6.07, 6.45) is 10.1. The first kappa shape index (κ1) is 21.1. The molecule has 1 aliphatic rings. The topological polar surface area (TPSA) is 39.7 Å². The second-order valence-electron chi connectivity index (χ2n) is 7.06. The van der Waals surface area contributed by atoms with Crippen LogP contribution >= 0.6 is 11.8 Å². The van der Waals surface area contributed by atoms with E-state index in [0.717, 1.165) is 25.6 Å². The monoisotopic (exact) mass is 376 g/mol. The molecule has 1 aromatic carbocycles. The van der Waals surface area contributed by atoms with Crippen molar-refractivity contribution in [1.82, 2.24) is 15.5 Å². The maximum absolute atomic E-state index is 4.33. The molecule has 0 atom stereocenters. The molecule has 0 unspecified atom stereocenters. The summed E-state index contributed by atoms with van der Waals surface area (Å²) in [5.74, 6) is 2.13. The highest BCUT2D eigenvalue weighted by Crippen LogP contribution is 2.14. The molecule has 1 saturated heterocycles. The van der Waals surface area contributed by atoms with Gasteiger partial charge in [0.25, 0.3) is 0 Å². The average Bonchev–Trinajstić information content (AvgIpc) is 2.93. The summed E-state index contributed by atoms with van der Waals surface area (Å²) in [7, 11) is 1.84. The van der Waals surface area contributed by atoms with Gasteiger partial charge in [-0.05, 0) is 61.9 Å². The molecule has 26 heavy (non-hydrogen) atoms. The third-order valence-corrected chi connectivity index (χ3v) is 5.54. The number of hydrogen-bond acceptors (Lipinski definition) is 3. The molecule has 4 nitrogen and oxygen atoms in total. The molecule has 0 saturated carbocycles. The highest BCUT2D eigenvalue weighted by Gasteiger charge is 2.09. The van der Waals surface area contributed by atoms with Crippen molar-refractivity contribution in [3.63, 3.8) is 0 Å². The number of thioether (sulfide) groups is 1. The molecule has 0 radical (unpaired) electrons. The molecule has 1 fully saturated rings. The van der Waals surface area contributed by atoms with Gasteiger partial charge in [-0.25, -0.2) is 0 Å². The number of nitrogens with one attached hydrogen (secondary N) is 2. The number of rotatable bonds is 9. The maximum atomic E-state index is 4.33. The van der Waals surface area contributed by atoms with Gasteiger partial charge < -0.3 is 10.6 Å². The molecule has 5 heteroatoms. The molecule has 0 aliphatic carbocycles. The number of aliphatic imine (C=N–C) groups is 1. The minimum Gasteiger partial charge on any atom is -0.356 e. The zero-order valence-corrected chi connectivity index (χ0v) is 17.4. The lowest BCUT2D eigenvalue weighted by atomic mass is 10.1. The van der Waals surface area contributed by atoms with Crippen molar-refractivity contribution in [2.45, 2.75) is 51.6 Å². The highest BCUT2D eigenvalue weighted by molar-refractivity contribution is 7.98. The van der Waals surface area contributed by atoms with Crippen LogP contribution in [0.4, 0.5) is 0 Å². The Morgan fingerprint density at radius 2 is 1.85 bits per heavy atom. The van der Waals surface area contributed by atoms with Crippen molar-refractivity contribution in [1.29, 1.82) is 0 Å². The van der Waals surface area contributed by atoms with E-state index in [2.05, 4.69) is 51.0 Å². The summed E-state index contributed by atoms with van der Waals surface area (Å²) in [5, 5.41) is 6.84. The molecule has 2 rings (SSSR count). The predicted molar refractivity (Wildman–Crippen MR) is 116 cm³/mol. The summed E-state index contributed by atoms with van der Waals surface area (Å²) < 4.78 is 0. The quantitative estimate of drug-likeness (QED) is 0.390. The predicted octanol–water partition coefficient (Wildman–Crippen LogP) is 3.87. The average molecular weight is 377 g/mol. The Morgan fingerprint density at radius 1 is 1.08 bits per heavy atom. The van der Waals surface area contributed by atoms with Crippen LogP contribution in [0.25, 0.3) is 0 Å². The lowest BCUT2D eigenvalue weighted by molar-refractivity contribution is 0.277. The second kappa shape index (κ2) is 13.0. The fourth-order valence-electron chi connectivity index (χ4n) is 3.38. The Hall–Kier alpha value is -1.20. The van der Waals surface area contributed by atoms with Crippen molar-refractivity contribution >= 4 is 17.7 Å². The van der Waals surface area contributed by atoms with Crippen LogP contribution in [0.3, 0.4) is 0 Å². The van der Waals surface area contributed by atoms with Gasteiger partial charge in [0.05, 0.1) is 0 Å². The van der Waals surface area contributed by atoms with E-state index in [1.807, 2.05) is 18.8 Å². The maximum Gasteiger partial charge on any atom is 0.191 e. The van der Waals surface area contributed by atoms with Crippen LogP contribution in [0.15, 0.2) is 29.3 Å². The van der Waals surface area contributed by atoms with Crippen LogP contribution in [0, 0.1) is 0 Å². The van der Waals surface area contributed by atoms with Crippen molar-refractivity contribution in [2.24, 2.45) is 4.99 Å². The molecule has 0 amide bonds.